The minimum Gasteiger partial charge on any atom is -0.480 e. The van der Waals surface area contributed by atoms with Crippen LogP contribution in [0.2, 0.25) is 0 Å². The molecule has 0 saturated heterocycles. The number of carbonyl (C=O) groups is 1. The maximum Gasteiger partial charge on any atom is 0.321 e. The zero-order valence-electron chi connectivity index (χ0n) is 7.21. The number of carboxylic acid groups (broad SMARTS) is 1. The van der Waals surface area contributed by atoms with E-state index in [4.69, 9.17) is 10.8 Å². The number of aliphatic carboxylic acids is 1. The van der Waals surface area contributed by atoms with E-state index in [0.29, 0.717) is 5.69 Å². The Bertz CT molecular complexity index is 289. The number of rotatable bonds is 3. The molecule has 1 aromatic rings. The molecular formula is C8H11N3O2. The van der Waals surface area contributed by atoms with Gasteiger partial charge in [-0.05, 0) is 6.07 Å². The first-order valence-electron chi connectivity index (χ1n) is 3.87. The van der Waals surface area contributed by atoms with Gasteiger partial charge < -0.3 is 10.8 Å². The van der Waals surface area contributed by atoms with Gasteiger partial charge in [0.1, 0.15) is 12.4 Å². The average molecular weight is 181 g/mol. The lowest BCUT2D eigenvalue weighted by atomic mass is 9.99. The molecule has 0 aliphatic rings. The minimum atomic E-state index is -1.02. The van der Waals surface area contributed by atoms with Gasteiger partial charge in [0.25, 0.3) is 0 Å². The van der Waals surface area contributed by atoms with Crippen LogP contribution in [0, 0.1) is 0 Å². The molecule has 0 aliphatic heterocycles. The molecule has 0 saturated carbocycles. The predicted molar refractivity (Wildman–Crippen MR) is 46.1 cm³/mol. The van der Waals surface area contributed by atoms with E-state index in [1.165, 1.54) is 6.33 Å². The van der Waals surface area contributed by atoms with Gasteiger partial charge in [-0.2, -0.15) is 0 Å². The summed E-state index contributed by atoms with van der Waals surface area (Å²) in [6.07, 6.45) is 2.94. The standard InChI is InChI=1S/C8H11N3O2/c1-5(7(9)8(12)13)6-2-3-10-4-11-6/h2-5,7H,9H2,1H3,(H,12,13). The van der Waals surface area contributed by atoms with E-state index in [0.717, 1.165) is 0 Å². The Hall–Kier alpha value is -1.49. The molecule has 13 heavy (non-hydrogen) atoms. The molecule has 1 heterocycles. The minimum absolute atomic E-state index is 0.305. The molecular weight excluding hydrogens is 170 g/mol. The quantitative estimate of drug-likeness (QED) is 0.684. The van der Waals surface area contributed by atoms with Crippen molar-refractivity contribution in [3.8, 4) is 0 Å². The molecule has 0 bridgehead atoms. The highest BCUT2D eigenvalue weighted by Crippen LogP contribution is 2.14. The summed E-state index contributed by atoms with van der Waals surface area (Å²) >= 11 is 0. The smallest absolute Gasteiger partial charge is 0.321 e. The summed E-state index contributed by atoms with van der Waals surface area (Å²) < 4.78 is 0. The van der Waals surface area contributed by atoms with Crippen molar-refractivity contribution in [3.63, 3.8) is 0 Å². The lowest BCUT2D eigenvalue weighted by Gasteiger charge is -2.14. The highest BCUT2D eigenvalue weighted by Gasteiger charge is 2.22. The van der Waals surface area contributed by atoms with Crippen LogP contribution < -0.4 is 5.73 Å². The van der Waals surface area contributed by atoms with E-state index in [1.54, 1.807) is 19.2 Å². The molecule has 5 nitrogen and oxygen atoms in total. The van der Waals surface area contributed by atoms with Gasteiger partial charge in [-0.15, -0.1) is 0 Å². The van der Waals surface area contributed by atoms with Crippen LogP contribution in [-0.4, -0.2) is 27.1 Å². The van der Waals surface area contributed by atoms with Crippen LogP contribution >= 0.6 is 0 Å². The second kappa shape index (κ2) is 3.95. The van der Waals surface area contributed by atoms with Crippen LogP contribution in [0.15, 0.2) is 18.6 Å². The molecule has 0 amide bonds. The molecule has 0 fully saturated rings. The first kappa shape index (κ1) is 9.60. The van der Waals surface area contributed by atoms with Gasteiger partial charge in [0.15, 0.2) is 0 Å². The third-order valence-electron chi connectivity index (χ3n) is 1.90. The molecule has 3 N–H and O–H groups in total. The summed E-state index contributed by atoms with van der Waals surface area (Å²) in [7, 11) is 0. The van der Waals surface area contributed by atoms with Crippen molar-refractivity contribution in [2.24, 2.45) is 5.73 Å². The Labute approximate surface area is 75.6 Å². The van der Waals surface area contributed by atoms with Crippen molar-refractivity contribution in [3.05, 3.63) is 24.3 Å². The molecule has 2 unspecified atom stereocenters. The number of hydrogen-bond acceptors (Lipinski definition) is 4. The number of carboxylic acids is 1. The van der Waals surface area contributed by atoms with E-state index in [2.05, 4.69) is 9.97 Å². The van der Waals surface area contributed by atoms with Crippen molar-refractivity contribution in [2.45, 2.75) is 18.9 Å². The maximum atomic E-state index is 10.5. The van der Waals surface area contributed by atoms with Crippen molar-refractivity contribution in [1.29, 1.82) is 0 Å². The zero-order valence-corrected chi connectivity index (χ0v) is 7.21. The summed E-state index contributed by atoms with van der Waals surface area (Å²) in [5.74, 6) is -1.33. The third kappa shape index (κ3) is 2.22. The Morgan fingerprint density at radius 3 is 2.85 bits per heavy atom. The SMILES string of the molecule is CC(c1ccncn1)C(N)C(=O)O. The molecule has 70 valence electrons. The molecule has 0 radical (unpaired) electrons. The van der Waals surface area contributed by atoms with E-state index in [9.17, 15) is 4.79 Å². The molecule has 1 rings (SSSR count). The summed E-state index contributed by atoms with van der Waals surface area (Å²) in [4.78, 5) is 18.2. The van der Waals surface area contributed by atoms with Crippen molar-refractivity contribution < 1.29 is 9.90 Å². The molecule has 0 aliphatic carbocycles. The van der Waals surface area contributed by atoms with Crippen LogP contribution in [0.5, 0.6) is 0 Å². The lowest BCUT2D eigenvalue weighted by Crippen LogP contribution is -2.35. The number of aromatic nitrogens is 2. The molecule has 0 spiro atoms. The van der Waals surface area contributed by atoms with Gasteiger partial charge >= 0.3 is 5.97 Å². The van der Waals surface area contributed by atoms with E-state index in [-0.39, 0.29) is 5.92 Å². The van der Waals surface area contributed by atoms with Crippen LogP contribution in [-0.2, 0) is 4.79 Å². The first-order chi connectivity index (χ1) is 6.13. The molecule has 5 heteroatoms. The van der Waals surface area contributed by atoms with Crippen LogP contribution in [0.1, 0.15) is 18.5 Å². The van der Waals surface area contributed by atoms with Gasteiger partial charge in [-0.3, -0.25) is 4.79 Å². The summed E-state index contributed by atoms with van der Waals surface area (Å²) in [5.41, 5.74) is 6.08. The zero-order chi connectivity index (χ0) is 9.84. The number of nitrogens with two attached hydrogens (primary N) is 1. The van der Waals surface area contributed by atoms with Crippen LogP contribution in [0.3, 0.4) is 0 Å². The second-order valence-corrected chi connectivity index (χ2v) is 2.79. The van der Waals surface area contributed by atoms with Gasteiger partial charge in [-0.25, -0.2) is 9.97 Å². The Kier molecular flexibility index (Phi) is 2.92. The monoisotopic (exact) mass is 181 g/mol. The van der Waals surface area contributed by atoms with Crippen molar-refractivity contribution in [1.82, 2.24) is 9.97 Å². The van der Waals surface area contributed by atoms with Crippen LogP contribution in [0.4, 0.5) is 0 Å². The molecule has 2 atom stereocenters. The largest absolute Gasteiger partial charge is 0.480 e. The number of nitrogens with zero attached hydrogens (tertiary/aromatic N) is 2. The normalized spacial score (nSPS) is 14.9. The fourth-order valence-corrected chi connectivity index (χ4v) is 0.968. The van der Waals surface area contributed by atoms with Crippen LogP contribution in [0.25, 0.3) is 0 Å². The topological polar surface area (TPSA) is 89.1 Å². The van der Waals surface area contributed by atoms with E-state index < -0.39 is 12.0 Å². The Morgan fingerprint density at radius 1 is 1.69 bits per heavy atom. The first-order valence-corrected chi connectivity index (χ1v) is 3.87. The fraction of sp³-hybridized carbons (Fsp3) is 0.375. The average Bonchev–Trinajstić information content (AvgIpc) is 2.17. The highest BCUT2D eigenvalue weighted by molar-refractivity contribution is 5.74. The third-order valence-corrected chi connectivity index (χ3v) is 1.90. The Morgan fingerprint density at radius 2 is 2.38 bits per heavy atom. The van der Waals surface area contributed by atoms with Crippen molar-refractivity contribution >= 4 is 5.97 Å². The molecule has 0 aromatic carbocycles. The fourth-order valence-electron chi connectivity index (χ4n) is 0.968. The number of hydrogen-bond donors (Lipinski definition) is 2. The second-order valence-electron chi connectivity index (χ2n) is 2.79. The highest BCUT2D eigenvalue weighted by atomic mass is 16.4. The van der Waals surface area contributed by atoms with Gasteiger partial charge in [0, 0.05) is 17.8 Å². The molecule has 1 aromatic heterocycles. The van der Waals surface area contributed by atoms with E-state index >= 15 is 0 Å². The Balaban J connectivity index is 2.79. The van der Waals surface area contributed by atoms with Gasteiger partial charge in [0.05, 0.1) is 0 Å². The summed E-state index contributed by atoms with van der Waals surface area (Å²) in [6, 6.07) is 0.739. The summed E-state index contributed by atoms with van der Waals surface area (Å²) in [5, 5.41) is 8.65. The lowest BCUT2D eigenvalue weighted by molar-refractivity contribution is -0.139. The summed E-state index contributed by atoms with van der Waals surface area (Å²) in [6.45, 7) is 1.72. The van der Waals surface area contributed by atoms with Gasteiger partial charge in [0.2, 0.25) is 0 Å². The van der Waals surface area contributed by atoms with Gasteiger partial charge in [-0.1, -0.05) is 6.92 Å². The predicted octanol–water partition coefficient (Wildman–Crippen LogP) is -0.00800. The van der Waals surface area contributed by atoms with Crippen molar-refractivity contribution in [2.75, 3.05) is 0 Å². The van der Waals surface area contributed by atoms with E-state index in [1.807, 2.05) is 0 Å². The maximum absolute atomic E-state index is 10.5.